The number of hydrogen-bond donors (Lipinski definition) is 3. The molecule has 0 aliphatic carbocycles. The molecule has 6 atom stereocenters. The van der Waals surface area contributed by atoms with Crippen LogP contribution in [0.2, 0.25) is 0 Å². The fraction of sp³-hybridized carbons (Fsp3) is 0.950. The molecule has 0 aromatic rings. The second-order valence-electron chi connectivity index (χ2n) is 30.5. The number of ether oxygens (including phenoxy) is 4. The zero-order valence-corrected chi connectivity index (χ0v) is 66.9. The second-order valence-corrected chi connectivity index (χ2v) is 33.4. The van der Waals surface area contributed by atoms with Crippen molar-refractivity contribution in [1.29, 1.82) is 0 Å². The molecule has 588 valence electrons. The van der Waals surface area contributed by atoms with E-state index in [1.807, 2.05) is 0 Å². The van der Waals surface area contributed by atoms with E-state index in [0.717, 1.165) is 114 Å². The highest BCUT2D eigenvalue weighted by molar-refractivity contribution is 7.47. The molecule has 0 bridgehead atoms. The van der Waals surface area contributed by atoms with Gasteiger partial charge in [-0.15, -0.1) is 0 Å². The molecule has 0 amide bonds. The lowest BCUT2D eigenvalue weighted by molar-refractivity contribution is -0.161. The molecule has 0 aromatic carbocycles. The van der Waals surface area contributed by atoms with Crippen LogP contribution in [0.5, 0.6) is 0 Å². The average molecular weight is 1450 g/mol. The van der Waals surface area contributed by atoms with E-state index < -0.39 is 97.5 Å². The molecule has 99 heavy (non-hydrogen) atoms. The predicted octanol–water partition coefficient (Wildman–Crippen LogP) is 23.6. The van der Waals surface area contributed by atoms with Crippen LogP contribution in [-0.4, -0.2) is 96.7 Å². The standard InChI is InChI=1S/C80H156O17P2/c1-9-73(8)59-51-43-35-25-21-17-14-15-18-22-26-36-44-52-60-77(82)90-66-75(96-79(84)62-54-46-38-27-23-19-13-11-10-12-16-20-24-32-40-48-56-70(2)3)68-94-98(86,87)92-64-74(81)65-93-99(88,89)95-69-76(97-80(85)63-55-47-39-31-29-34-42-50-58-72(6)7)67-91-78(83)61-53-45-37-30-28-33-41-49-57-71(4)5/h70-76,81H,9-69H2,1-8H3,(H,86,87)(H,88,89)/t73?,74?,75-,76-/m1/s1. The van der Waals surface area contributed by atoms with Crippen molar-refractivity contribution < 1.29 is 80.2 Å². The molecule has 0 radical (unpaired) electrons. The Morgan fingerprint density at radius 1 is 0.283 bits per heavy atom. The minimum absolute atomic E-state index is 0.104. The summed E-state index contributed by atoms with van der Waals surface area (Å²) in [6.45, 7) is 14.2. The Morgan fingerprint density at radius 3 is 0.717 bits per heavy atom. The maximum Gasteiger partial charge on any atom is 0.472 e. The van der Waals surface area contributed by atoms with Crippen molar-refractivity contribution in [2.75, 3.05) is 39.6 Å². The highest BCUT2D eigenvalue weighted by Gasteiger charge is 2.30. The van der Waals surface area contributed by atoms with E-state index in [2.05, 4.69) is 55.4 Å². The fourth-order valence-corrected chi connectivity index (χ4v) is 13.8. The third kappa shape index (κ3) is 72.8. The fourth-order valence-electron chi connectivity index (χ4n) is 12.2. The van der Waals surface area contributed by atoms with Gasteiger partial charge in [-0.25, -0.2) is 9.13 Å². The van der Waals surface area contributed by atoms with Crippen LogP contribution in [0.3, 0.4) is 0 Å². The van der Waals surface area contributed by atoms with Crippen LogP contribution >= 0.6 is 15.6 Å². The first-order chi connectivity index (χ1) is 47.6. The molecular formula is C80H156O17P2. The van der Waals surface area contributed by atoms with Crippen molar-refractivity contribution in [3.63, 3.8) is 0 Å². The van der Waals surface area contributed by atoms with E-state index in [4.69, 9.17) is 37.0 Å². The molecule has 0 aliphatic heterocycles. The summed E-state index contributed by atoms with van der Waals surface area (Å²) in [4.78, 5) is 73.0. The number of esters is 4. The quantitative estimate of drug-likeness (QED) is 0.0222. The molecule has 0 saturated carbocycles. The zero-order valence-electron chi connectivity index (χ0n) is 65.1. The lowest BCUT2D eigenvalue weighted by Gasteiger charge is -2.21. The normalized spacial score (nSPS) is 14.3. The van der Waals surface area contributed by atoms with Gasteiger partial charge in [0.1, 0.15) is 19.3 Å². The topological polar surface area (TPSA) is 237 Å². The molecular weight excluding hydrogens is 1290 g/mol. The molecule has 0 rings (SSSR count). The van der Waals surface area contributed by atoms with E-state index in [-0.39, 0.29) is 25.7 Å². The Hall–Kier alpha value is -1.94. The molecule has 0 aliphatic rings. The number of phosphoric acid groups is 2. The van der Waals surface area contributed by atoms with Crippen LogP contribution in [0.25, 0.3) is 0 Å². The number of carbonyl (C=O) groups excluding carboxylic acids is 4. The van der Waals surface area contributed by atoms with Crippen LogP contribution in [-0.2, 0) is 65.4 Å². The van der Waals surface area contributed by atoms with Gasteiger partial charge in [0.15, 0.2) is 12.2 Å². The molecule has 3 N–H and O–H groups in total. The van der Waals surface area contributed by atoms with Crippen LogP contribution in [0.1, 0.15) is 409 Å². The first kappa shape index (κ1) is 97.1. The summed E-state index contributed by atoms with van der Waals surface area (Å²) in [5.74, 6) is 0.986. The van der Waals surface area contributed by atoms with E-state index in [0.29, 0.717) is 25.7 Å². The number of rotatable bonds is 77. The molecule has 4 unspecified atom stereocenters. The van der Waals surface area contributed by atoms with E-state index in [9.17, 15) is 43.2 Å². The summed E-state index contributed by atoms with van der Waals surface area (Å²) >= 11 is 0. The highest BCUT2D eigenvalue weighted by Crippen LogP contribution is 2.45. The summed E-state index contributed by atoms with van der Waals surface area (Å²) in [5.41, 5.74) is 0. The lowest BCUT2D eigenvalue weighted by Crippen LogP contribution is -2.30. The van der Waals surface area contributed by atoms with Crippen molar-refractivity contribution >= 4 is 39.5 Å². The lowest BCUT2D eigenvalue weighted by atomic mass is 9.99. The monoisotopic (exact) mass is 1450 g/mol. The molecule has 19 heteroatoms. The van der Waals surface area contributed by atoms with Crippen LogP contribution in [0, 0.1) is 23.7 Å². The van der Waals surface area contributed by atoms with Crippen molar-refractivity contribution in [1.82, 2.24) is 0 Å². The number of aliphatic hydroxyl groups is 1. The maximum atomic E-state index is 13.1. The van der Waals surface area contributed by atoms with Gasteiger partial charge in [-0.05, 0) is 49.4 Å². The Kier molecular flexibility index (Phi) is 67.8. The van der Waals surface area contributed by atoms with Gasteiger partial charge >= 0.3 is 39.5 Å². The number of carbonyl (C=O) groups is 4. The van der Waals surface area contributed by atoms with Crippen molar-refractivity contribution in [2.24, 2.45) is 23.7 Å². The van der Waals surface area contributed by atoms with E-state index >= 15 is 0 Å². The van der Waals surface area contributed by atoms with Gasteiger partial charge in [-0.3, -0.25) is 37.3 Å². The Labute approximate surface area is 607 Å². The predicted molar refractivity (Wildman–Crippen MR) is 404 cm³/mol. The third-order valence-corrected chi connectivity index (χ3v) is 20.8. The number of unbranched alkanes of at least 4 members (excludes halogenated alkanes) is 42. The molecule has 0 spiro atoms. The van der Waals surface area contributed by atoms with Gasteiger partial charge < -0.3 is 33.8 Å². The van der Waals surface area contributed by atoms with Crippen molar-refractivity contribution in [3.05, 3.63) is 0 Å². The molecule has 0 fully saturated rings. The SMILES string of the molecule is CCC(C)CCCCCCCCCCCCCCCCC(=O)OC[C@H](COP(=O)(O)OCC(O)COP(=O)(O)OC[C@@H](COC(=O)CCCCCCCCCCC(C)C)OC(=O)CCCCCCCCCCC(C)C)OC(=O)CCCCCCCCCCCCCCCCCCC(C)C. The molecule has 0 heterocycles. The third-order valence-electron chi connectivity index (χ3n) is 18.9. The molecule has 0 saturated heterocycles. The van der Waals surface area contributed by atoms with Gasteiger partial charge in [-0.1, -0.05) is 357 Å². The minimum atomic E-state index is -4.96. The zero-order chi connectivity index (χ0) is 73.1. The average Bonchev–Trinajstić information content (AvgIpc) is 0.997. The Bertz CT molecular complexity index is 1940. The maximum absolute atomic E-state index is 13.1. The van der Waals surface area contributed by atoms with E-state index in [1.165, 1.54) is 212 Å². The smallest absolute Gasteiger partial charge is 0.462 e. The number of phosphoric ester groups is 2. The van der Waals surface area contributed by atoms with E-state index in [1.54, 1.807) is 0 Å². The Balaban J connectivity index is 5.24. The first-order valence-electron chi connectivity index (χ1n) is 41.2. The van der Waals surface area contributed by atoms with Gasteiger partial charge in [0.25, 0.3) is 0 Å². The second kappa shape index (κ2) is 69.1. The largest absolute Gasteiger partial charge is 0.472 e. The van der Waals surface area contributed by atoms with Crippen LogP contribution < -0.4 is 0 Å². The molecule has 17 nitrogen and oxygen atoms in total. The van der Waals surface area contributed by atoms with Gasteiger partial charge in [0.05, 0.1) is 26.4 Å². The van der Waals surface area contributed by atoms with Gasteiger partial charge in [-0.2, -0.15) is 0 Å². The van der Waals surface area contributed by atoms with Crippen molar-refractivity contribution in [3.8, 4) is 0 Å². The number of aliphatic hydroxyl groups excluding tert-OH is 1. The minimum Gasteiger partial charge on any atom is -0.462 e. The van der Waals surface area contributed by atoms with Crippen LogP contribution in [0.15, 0.2) is 0 Å². The summed E-state index contributed by atoms with van der Waals surface area (Å²) < 4.78 is 68.6. The summed E-state index contributed by atoms with van der Waals surface area (Å²) in [7, 11) is -9.92. The van der Waals surface area contributed by atoms with Crippen molar-refractivity contribution in [2.45, 2.75) is 427 Å². The Morgan fingerprint density at radius 2 is 0.485 bits per heavy atom. The number of hydrogen-bond acceptors (Lipinski definition) is 15. The van der Waals surface area contributed by atoms with Gasteiger partial charge in [0.2, 0.25) is 0 Å². The van der Waals surface area contributed by atoms with Gasteiger partial charge in [0, 0.05) is 25.7 Å². The molecule has 0 aromatic heterocycles. The summed E-state index contributed by atoms with van der Waals surface area (Å²) in [6.07, 6.45) is 55.6. The summed E-state index contributed by atoms with van der Waals surface area (Å²) in [5, 5.41) is 10.6. The summed E-state index contributed by atoms with van der Waals surface area (Å²) in [6, 6.07) is 0. The highest BCUT2D eigenvalue weighted by atomic mass is 31.2. The first-order valence-corrected chi connectivity index (χ1v) is 44.2. The van der Waals surface area contributed by atoms with Crippen LogP contribution in [0.4, 0.5) is 0 Å².